The monoisotopic (exact) mass is 353 g/mol. The minimum absolute atomic E-state index is 0.0206. The predicted octanol–water partition coefficient (Wildman–Crippen LogP) is 3.76. The lowest BCUT2D eigenvalue weighted by molar-refractivity contribution is -0.146. The van der Waals surface area contributed by atoms with Crippen molar-refractivity contribution in [3.05, 3.63) is 28.0 Å². The van der Waals surface area contributed by atoms with Crippen molar-refractivity contribution in [2.75, 3.05) is 5.73 Å². The van der Waals surface area contributed by atoms with Crippen LogP contribution in [0, 0.1) is 0 Å². The van der Waals surface area contributed by atoms with E-state index in [1.807, 2.05) is 0 Å². The maximum Gasteiger partial charge on any atom is 0.453 e. The van der Waals surface area contributed by atoms with Crippen molar-refractivity contribution in [1.82, 2.24) is 19.8 Å². The fraction of sp³-hybridized carbons (Fsp3) is 0.100. The Morgan fingerprint density at radius 2 is 1.81 bits per heavy atom. The van der Waals surface area contributed by atoms with Crippen molar-refractivity contribution in [2.24, 2.45) is 0 Å². The maximum absolute atomic E-state index is 12.8. The van der Waals surface area contributed by atoms with Crippen LogP contribution in [0.1, 0.15) is 5.82 Å². The Kier molecular flexibility index (Phi) is 3.23. The molecule has 2 aromatic heterocycles. The highest BCUT2D eigenvalue weighted by Gasteiger charge is 2.38. The number of nitrogens with zero attached hydrogens (tertiary/aromatic N) is 4. The van der Waals surface area contributed by atoms with Gasteiger partial charge in [-0.1, -0.05) is 34.5 Å². The van der Waals surface area contributed by atoms with E-state index in [-0.39, 0.29) is 31.3 Å². The van der Waals surface area contributed by atoms with E-state index in [0.717, 1.165) is 11.3 Å². The summed E-state index contributed by atoms with van der Waals surface area (Å²) in [6.07, 6.45) is -4.66. The molecule has 110 valence electrons. The summed E-state index contributed by atoms with van der Waals surface area (Å²) in [7, 11) is 0. The van der Waals surface area contributed by atoms with Gasteiger partial charge in [0.05, 0.1) is 21.3 Å². The Morgan fingerprint density at radius 1 is 1.14 bits per heavy atom. The first-order chi connectivity index (χ1) is 9.79. The lowest BCUT2D eigenvalue weighted by Gasteiger charge is -2.06. The van der Waals surface area contributed by atoms with Gasteiger partial charge in [0.2, 0.25) is 4.96 Å². The van der Waals surface area contributed by atoms with Crippen LogP contribution in [0.2, 0.25) is 10.0 Å². The Labute approximate surface area is 129 Å². The highest BCUT2D eigenvalue weighted by Crippen LogP contribution is 2.40. The smallest absolute Gasteiger partial charge is 0.397 e. The van der Waals surface area contributed by atoms with Crippen LogP contribution in [-0.4, -0.2) is 19.8 Å². The van der Waals surface area contributed by atoms with E-state index >= 15 is 0 Å². The van der Waals surface area contributed by atoms with Gasteiger partial charge in [0.1, 0.15) is 0 Å². The van der Waals surface area contributed by atoms with E-state index in [0.29, 0.717) is 4.52 Å². The molecule has 1 aromatic carbocycles. The van der Waals surface area contributed by atoms with Crippen LogP contribution < -0.4 is 5.73 Å². The molecular weight excluding hydrogens is 350 g/mol. The zero-order valence-corrected chi connectivity index (χ0v) is 12.1. The lowest BCUT2D eigenvalue weighted by atomic mass is 10.2. The number of halogens is 5. The Hall–Kier alpha value is -1.58. The largest absolute Gasteiger partial charge is 0.453 e. The van der Waals surface area contributed by atoms with E-state index in [9.17, 15) is 13.2 Å². The van der Waals surface area contributed by atoms with Crippen molar-refractivity contribution in [1.29, 1.82) is 0 Å². The molecule has 0 unspecified atom stereocenters. The molecule has 0 spiro atoms. The molecule has 2 N–H and O–H groups in total. The molecule has 0 aliphatic carbocycles. The van der Waals surface area contributed by atoms with Gasteiger partial charge >= 0.3 is 6.18 Å². The van der Waals surface area contributed by atoms with Gasteiger partial charge in [-0.25, -0.2) is 0 Å². The third kappa shape index (κ3) is 2.30. The van der Waals surface area contributed by atoms with Crippen LogP contribution in [0.25, 0.3) is 15.5 Å². The Bertz CT molecular complexity index is 841. The third-order valence-corrected chi connectivity index (χ3v) is 4.16. The first-order valence-electron chi connectivity index (χ1n) is 5.32. The fourth-order valence-electron chi connectivity index (χ4n) is 1.68. The number of fused-ring (bicyclic) bond motifs is 1. The molecule has 0 atom stereocenters. The molecule has 3 aromatic rings. The van der Waals surface area contributed by atoms with Gasteiger partial charge in [0.15, 0.2) is 5.01 Å². The number of rotatable bonds is 1. The van der Waals surface area contributed by atoms with Crippen molar-refractivity contribution in [3.63, 3.8) is 0 Å². The molecule has 3 rings (SSSR count). The molecule has 5 nitrogen and oxygen atoms in total. The molecule has 0 saturated carbocycles. The number of anilines is 1. The molecule has 0 bridgehead atoms. The average Bonchev–Trinajstić information content (AvgIpc) is 2.92. The topological polar surface area (TPSA) is 69.1 Å². The summed E-state index contributed by atoms with van der Waals surface area (Å²) in [5, 5.41) is 11.0. The first kappa shape index (κ1) is 14.4. The molecule has 0 amide bonds. The summed E-state index contributed by atoms with van der Waals surface area (Å²) in [6, 6.07) is 2.98. The number of hydrogen-bond donors (Lipinski definition) is 1. The van der Waals surface area contributed by atoms with Gasteiger partial charge in [0, 0.05) is 0 Å². The van der Waals surface area contributed by atoms with E-state index < -0.39 is 12.0 Å². The van der Waals surface area contributed by atoms with Gasteiger partial charge in [-0.3, -0.25) is 0 Å². The highest BCUT2D eigenvalue weighted by molar-refractivity contribution is 7.20. The van der Waals surface area contributed by atoms with Gasteiger partial charge in [-0.05, 0) is 12.1 Å². The SMILES string of the molecule is Nc1c(Cl)ccc(Cl)c1-c1nn2c(C(F)(F)F)nnc2s1. The van der Waals surface area contributed by atoms with Crippen LogP contribution >= 0.6 is 34.5 Å². The average molecular weight is 354 g/mol. The number of nitrogens with two attached hydrogens (primary N) is 1. The zero-order chi connectivity index (χ0) is 15.4. The van der Waals surface area contributed by atoms with Crippen molar-refractivity contribution in [2.45, 2.75) is 6.18 Å². The van der Waals surface area contributed by atoms with Crippen LogP contribution in [0.4, 0.5) is 18.9 Å². The predicted molar refractivity (Wildman–Crippen MR) is 73.5 cm³/mol. The molecular formula is C10H4Cl2F3N5S. The molecule has 2 heterocycles. The van der Waals surface area contributed by atoms with Gasteiger partial charge in [0.25, 0.3) is 5.82 Å². The standard InChI is InChI=1S/C10H4Cl2F3N5S/c11-3-1-2-4(12)6(16)5(3)7-19-20-8(10(13,14)15)17-18-9(20)21-7/h1-2H,16H2. The van der Waals surface area contributed by atoms with E-state index in [1.165, 1.54) is 12.1 Å². The van der Waals surface area contributed by atoms with Gasteiger partial charge in [-0.2, -0.15) is 22.8 Å². The summed E-state index contributed by atoms with van der Waals surface area (Å²) in [5.74, 6) is -1.21. The van der Waals surface area contributed by atoms with E-state index in [4.69, 9.17) is 28.9 Å². The van der Waals surface area contributed by atoms with Crippen LogP contribution in [-0.2, 0) is 6.18 Å². The second-order valence-corrected chi connectivity index (χ2v) is 5.71. The van der Waals surface area contributed by atoms with Crippen molar-refractivity contribution >= 4 is 45.2 Å². The van der Waals surface area contributed by atoms with Gasteiger partial charge in [-0.15, -0.1) is 10.2 Å². The molecule has 0 saturated heterocycles. The number of hydrogen-bond acceptors (Lipinski definition) is 5. The fourth-order valence-corrected chi connectivity index (χ4v) is 3.06. The second-order valence-electron chi connectivity index (χ2n) is 3.94. The second kappa shape index (κ2) is 4.72. The summed E-state index contributed by atoms with van der Waals surface area (Å²) in [4.78, 5) is -0.0206. The van der Waals surface area contributed by atoms with Crippen LogP contribution in [0.5, 0.6) is 0 Å². The van der Waals surface area contributed by atoms with Crippen LogP contribution in [0.3, 0.4) is 0 Å². The minimum atomic E-state index is -4.66. The summed E-state index contributed by atoms with van der Waals surface area (Å²) >= 11 is 12.8. The number of aromatic nitrogens is 4. The Morgan fingerprint density at radius 3 is 2.48 bits per heavy atom. The third-order valence-electron chi connectivity index (χ3n) is 2.60. The van der Waals surface area contributed by atoms with Crippen molar-refractivity contribution < 1.29 is 13.2 Å². The Balaban J connectivity index is 2.24. The minimum Gasteiger partial charge on any atom is -0.397 e. The van der Waals surface area contributed by atoms with E-state index in [2.05, 4.69) is 15.3 Å². The summed E-state index contributed by atoms with van der Waals surface area (Å²) < 4.78 is 38.9. The first-order valence-corrected chi connectivity index (χ1v) is 6.89. The molecule has 0 fully saturated rings. The molecule has 0 radical (unpaired) electrons. The number of alkyl halides is 3. The van der Waals surface area contributed by atoms with Crippen LogP contribution in [0.15, 0.2) is 12.1 Å². The van der Waals surface area contributed by atoms with Gasteiger partial charge < -0.3 is 5.73 Å². The molecule has 11 heteroatoms. The highest BCUT2D eigenvalue weighted by atomic mass is 35.5. The van der Waals surface area contributed by atoms with Crippen molar-refractivity contribution in [3.8, 4) is 10.6 Å². The number of nitrogen functional groups attached to an aromatic ring is 1. The normalized spacial score (nSPS) is 12.2. The molecule has 21 heavy (non-hydrogen) atoms. The molecule has 0 aliphatic rings. The lowest BCUT2D eigenvalue weighted by Crippen LogP contribution is -2.11. The van der Waals surface area contributed by atoms with E-state index in [1.54, 1.807) is 0 Å². The maximum atomic E-state index is 12.8. The quantitative estimate of drug-likeness (QED) is 0.676. The summed E-state index contributed by atoms with van der Waals surface area (Å²) in [5.41, 5.74) is 6.23. The molecule has 0 aliphatic heterocycles. The zero-order valence-electron chi connectivity index (χ0n) is 9.82. The summed E-state index contributed by atoms with van der Waals surface area (Å²) in [6.45, 7) is 0. The number of benzene rings is 1.